The Hall–Kier alpha value is -1.79. The van der Waals surface area contributed by atoms with Gasteiger partial charge in [0.15, 0.2) is 0 Å². The van der Waals surface area contributed by atoms with Crippen LogP contribution < -0.4 is 5.32 Å². The molecule has 0 spiro atoms. The van der Waals surface area contributed by atoms with E-state index in [-0.39, 0.29) is 0 Å². The van der Waals surface area contributed by atoms with Crippen LogP contribution in [0.1, 0.15) is 10.7 Å². The maximum Gasteiger partial charge on any atom is 0.0946 e. The summed E-state index contributed by atoms with van der Waals surface area (Å²) in [5.74, 6) is 0. The van der Waals surface area contributed by atoms with Crippen molar-refractivity contribution < 1.29 is 0 Å². The molecule has 0 saturated carbocycles. The molecule has 0 fully saturated rings. The second-order valence-corrected chi connectivity index (χ2v) is 5.75. The average Bonchev–Trinajstić information content (AvgIpc) is 3.08. The fraction of sp³-hybridized carbons (Fsp3) is 0.154. The minimum atomic E-state index is 0.700. The lowest BCUT2D eigenvalue weighted by atomic mass is 10.1. The molecule has 0 saturated heterocycles. The largest absolute Gasteiger partial charge is 0.379 e. The molecule has 4 nitrogen and oxygen atoms in total. The average molecular weight is 288 g/mol. The van der Waals surface area contributed by atoms with E-state index in [9.17, 15) is 0 Å². The predicted octanol–water partition coefficient (Wildman–Crippen LogP) is 3.58. The zero-order chi connectivity index (χ0) is 13.1. The third kappa shape index (κ3) is 2.97. The van der Waals surface area contributed by atoms with Gasteiger partial charge in [-0.2, -0.15) is 0 Å². The summed E-state index contributed by atoms with van der Waals surface area (Å²) < 4.78 is 3.84. The van der Waals surface area contributed by atoms with Crippen LogP contribution in [0, 0.1) is 6.92 Å². The Kier molecular flexibility index (Phi) is 3.52. The maximum absolute atomic E-state index is 4.48. The summed E-state index contributed by atoms with van der Waals surface area (Å²) in [6.45, 7) is 2.72. The molecule has 96 valence electrons. The fourth-order valence-electron chi connectivity index (χ4n) is 1.71. The molecule has 0 unspecified atom stereocenters. The van der Waals surface area contributed by atoms with Gasteiger partial charge < -0.3 is 5.32 Å². The van der Waals surface area contributed by atoms with E-state index >= 15 is 0 Å². The van der Waals surface area contributed by atoms with Gasteiger partial charge in [0.2, 0.25) is 0 Å². The van der Waals surface area contributed by atoms with Gasteiger partial charge >= 0.3 is 0 Å². The highest BCUT2D eigenvalue weighted by molar-refractivity contribution is 7.09. The highest BCUT2D eigenvalue weighted by Gasteiger charge is 2.02. The lowest BCUT2D eigenvalue weighted by Gasteiger charge is -2.04. The number of nitrogens with one attached hydrogen (secondary N) is 1. The number of hydrogen-bond acceptors (Lipinski definition) is 6. The van der Waals surface area contributed by atoms with Gasteiger partial charge in [0.1, 0.15) is 0 Å². The van der Waals surface area contributed by atoms with Crippen molar-refractivity contribution in [3.05, 3.63) is 45.7 Å². The van der Waals surface area contributed by atoms with E-state index in [0.717, 1.165) is 27.6 Å². The third-order valence-electron chi connectivity index (χ3n) is 2.68. The van der Waals surface area contributed by atoms with E-state index in [4.69, 9.17) is 0 Å². The zero-order valence-electron chi connectivity index (χ0n) is 10.3. The van der Waals surface area contributed by atoms with Crippen molar-refractivity contribution >= 4 is 28.6 Å². The van der Waals surface area contributed by atoms with E-state index in [1.54, 1.807) is 11.3 Å². The second kappa shape index (κ2) is 5.46. The number of thiazole rings is 1. The third-order valence-corrected chi connectivity index (χ3v) is 4.01. The number of anilines is 1. The van der Waals surface area contributed by atoms with Gasteiger partial charge in [0, 0.05) is 22.0 Å². The lowest BCUT2D eigenvalue weighted by Crippen LogP contribution is -1.99. The van der Waals surface area contributed by atoms with Crippen molar-refractivity contribution in [2.24, 2.45) is 0 Å². The Balaban J connectivity index is 1.69. The maximum atomic E-state index is 4.48. The Morgan fingerprint density at radius 1 is 1.16 bits per heavy atom. The van der Waals surface area contributed by atoms with Crippen LogP contribution in [0.25, 0.3) is 11.3 Å². The van der Waals surface area contributed by atoms with Crippen LogP contribution in [0.4, 0.5) is 5.69 Å². The lowest BCUT2D eigenvalue weighted by molar-refractivity contribution is 0.999. The standard InChI is InChI=1S/C13H12N4S2/c1-9-15-13(8-18-9)10-2-4-11(5-3-10)14-6-12-7-19-17-16-12/h2-5,7-8,14H,6H2,1H3. The van der Waals surface area contributed by atoms with Crippen LogP contribution >= 0.6 is 22.9 Å². The van der Waals surface area contributed by atoms with Crippen molar-refractivity contribution in [2.75, 3.05) is 5.32 Å². The van der Waals surface area contributed by atoms with Gasteiger partial charge in [0.05, 0.1) is 22.9 Å². The van der Waals surface area contributed by atoms with Crippen LogP contribution in [0.3, 0.4) is 0 Å². The number of benzene rings is 1. The molecule has 3 rings (SSSR count). The quantitative estimate of drug-likeness (QED) is 0.797. The molecular formula is C13H12N4S2. The molecule has 3 aromatic rings. The molecule has 0 radical (unpaired) electrons. The van der Waals surface area contributed by atoms with Crippen molar-refractivity contribution in [2.45, 2.75) is 13.5 Å². The Morgan fingerprint density at radius 2 is 2.00 bits per heavy atom. The normalized spacial score (nSPS) is 10.6. The van der Waals surface area contributed by atoms with Crippen LogP contribution in [0.2, 0.25) is 0 Å². The first-order valence-electron chi connectivity index (χ1n) is 5.83. The summed E-state index contributed by atoms with van der Waals surface area (Å²) in [4.78, 5) is 4.48. The Labute approximate surface area is 119 Å². The van der Waals surface area contributed by atoms with Crippen molar-refractivity contribution in [3.63, 3.8) is 0 Å². The molecule has 1 N–H and O–H groups in total. The monoisotopic (exact) mass is 288 g/mol. The summed E-state index contributed by atoms with van der Waals surface area (Å²) in [5, 5.41) is 12.4. The molecule has 19 heavy (non-hydrogen) atoms. The van der Waals surface area contributed by atoms with Crippen LogP contribution in [0.5, 0.6) is 0 Å². The summed E-state index contributed by atoms with van der Waals surface area (Å²) in [6, 6.07) is 8.28. The van der Waals surface area contributed by atoms with Crippen LogP contribution in [-0.2, 0) is 6.54 Å². The predicted molar refractivity (Wildman–Crippen MR) is 79.5 cm³/mol. The zero-order valence-corrected chi connectivity index (χ0v) is 12.0. The molecular weight excluding hydrogens is 276 g/mol. The van der Waals surface area contributed by atoms with Gasteiger partial charge in [-0.25, -0.2) is 4.98 Å². The Morgan fingerprint density at radius 3 is 2.63 bits per heavy atom. The molecule has 0 atom stereocenters. The van der Waals surface area contributed by atoms with E-state index < -0.39 is 0 Å². The van der Waals surface area contributed by atoms with Crippen LogP contribution in [-0.4, -0.2) is 14.6 Å². The number of rotatable bonds is 4. The number of aryl methyl sites for hydroxylation is 1. The molecule has 0 bridgehead atoms. The highest BCUT2D eigenvalue weighted by Crippen LogP contribution is 2.23. The summed E-state index contributed by atoms with van der Waals surface area (Å²) in [5.41, 5.74) is 4.22. The van der Waals surface area contributed by atoms with E-state index in [1.807, 2.05) is 12.3 Å². The highest BCUT2D eigenvalue weighted by atomic mass is 32.1. The topological polar surface area (TPSA) is 50.7 Å². The van der Waals surface area contributed by atoms with Crippen molar-refractivity contribution in [3.8, 4) is 11.3 Å². The molecule has 6 heteroatoms. The Bertz CT molecular complexity index is 644. The molecule has 0 amide bonds. The summed E-state index contributed by atoms with van der Waals surface area (Å²) >= 11 is 3.04. The van der Waals surface area contributed by atoms with Gasteiger partial charge in [0.25, 0.3) is 0 Å². The molecule has 0 aliphatic carbocycles. The van der Waals surface area contributed by atoms with Crippen molar-refractivity contribution in [1.29, 1.82) is 0 Å². The van der Waals surface area contributed by atoms with Gasteiger partial charge in [-0.15, -0.1) is 16.4 Å². The fourth-order valence-corrected chi connectivity index (χ4v) is 2.78. The first-order chi connectivity index (χ1) is 9.31. The summed E-state index contributed by atoms with van der Waals surface area (Å²) in [7, 11) is 0. The molecule has 1 aromatic carbocycles. The number of hydrogen-bond donors (Lipinski definition) is 1. The van der Waals surface area contributed by atoms with E-state index in [1.165, 1.54) is 11.5 Å². The minimum Gasteiger partial charge on any atom is -0.379 e. The first kappa shape index (κ1) is 12.3. The molecule has 0 aliphatic heterocycles. The van der Waals surface area contributed by atoms with E-state index in [0.29, 0.717) is 6.54 Å². The molecule has 2 aromatic heterocycles. The number of aromatic nitrogens is 3. The van der Waals surface area contributed by atoms with Crippen LogP contribution in [0.15, 0.2) is 35.0 Å². The first-order valence-corrected chi connectivity index (χ1v) is 7.55. The smallest absolute Gasteiger partial charge is 0.0946 e. The van der Waals surface area contributed by atoms with E-state index in [2.05, 4.69) is 49.5 Å². The SMILES string of the molecule is Cc1nc(-c2ccc(NCc3csnn3)cc2)cs1. The van der Waals surface area contributed by atoms with Gasteiger partial charge in [-0.3, -0.25) is 0 Å². The molecule has 0 aliphatic rings. The summed E-state index contributed by atoms with van der Waals surface area (Å²) in [6.07, 6.45) is 0. The number of nitrogens with zero attached hydrogens (tertiary/aromatic N) is 3. The van der Waals surface area contributed by atoms with Gasteiger partial charge in [-0.05, 0) is 30.6 Å². The molecule has 2 heterocycles. The van der Waals surface area contributed by atoms with Crippen molar-refractivity contribution in [1.82, 2.24) is 14.6 Å². The second-order valence-electron chi connectivity index (χ2n) is 4.08. The van der Waals surface area contributed by atoms with Gasteiger partial charge in [-0.1, -0.05) is 16.6 Å². The minimum absolute atomic E-state index is 0.700.